The third kappa shape index (κ3) is 3.22. The fraction of sp³-hybridized carbons (Fsp3) is 0.500. The van der Waals surface area contributed by atoms with Crippen LogP contribution in [0.2, 0.25) is 0 Å². The molecule has 19 heavy (non-hydrogen) atoms. The van der Waals surface area contributed by atoms with Crippen molar-refractivity contribution in [2.45, 2.75) is 24.3 Å². The van der Waals surface area contributed by atoms with Crippen molar-refractivity contribution in [1.82, 2.24) is 4.90 Å². The number of β-amino-alcohol motifs (C(OH)–C–C–N with tert-alkyl or cyclic N) is 1. The molecule has 1 N–H and O–H groups in total. The van der Waals surface area contributed by atoms with Crippen molar-refractivity contribution in [2.24, 2.45) is 5.92 Å². The molecule has 0 spiro atoms. The number of hydrogen-bond acceptors (Lipinski definition) is 3. The first-order valence-corrected chi connectivity index (χ1v) is 7.95. The minimum Gasteiger partial charge on any atom is -0.391 e. The van der Waals surface area contributed by atoms with Gasteiger partial charge in [0, 0.05) is 40.6 Å². The highest BCUT2D eigenvalue weighted by Gasteiger charge is 2.27. The summed E-state index contributed by atoms with van der Waals surface area (Å²) >= 11 is 0. The van der Waals surface area contributed by atoms with Gasteiger partial charge >= 0.3 is 0 Å². The summed E-state index contributed by atoms with van der Waals surface area (Å²) < 4.78 is 11.3. The summed E-state index contributed by atoms with van der Waals surface area (Å²) in [6.07, 6.45) is 1.99. The van der Waals surface area contributed by atoms with Crippen molar-refractivity contribution < 1.29 is 14.1 Å². The van der Waals surface area contributed by atoms with E-state index in [4.69, 9.17) is 0 Å². The number of carbonyl (C=O) groups is 1. The Morgan fingerprint density at radius 2 is 2.00 bits per heavy atom. The van der Waals surface area contributed by atoms with Gasteiger partial charge in [-0.25, -0.2) is 0 Å². The van der Waals surface area contributed by atoms with Gasteiger partial charge in [-0.1, -0.05) is 6.92 Å². The normalized spacial score (nSPS) is 25.1. The van der Waals surface area contributed by atoms with Gasteiger partial charge in [0.05, 0.1) is 6.10 Å². The largest absolute Gasteiger partial charge is 0.391 e. The Bertz CT molecular complexity index is 486. The molecule has 1 aliphatic rings. The second kappa shape index (κ2) is 5.84. The van der Waals surface area contributed by atoms with Crippen LogP contribution >= 0.6 is 0 Å². The molecule has 5 heteroatoms. The summed E-state index contributed by atoms with van der Waals surface area (Å²) in [6, 6.07) is 6.83. The summed E-state index contributed by atoms with van der Waals surface area (Å²) in [7, 11) is -1.03. The summed E-state index contributed by atoms with van der Waals surface area (Å²) in [6.45, 7) is 3.07. The Labute approximate surface area is 115 Å². The van der Waals surface area contributed by atoms with Gasteiger partial charge in [-0.2, -0.15) is 0 Å². The number of amides is 1. The molecule has 0 aromatic heterocycles. The number of aliphatic hydroxyl groups is 1. The molecule has 1 aliphatic heterocycles. The van der Waals surface area contributed by atoms with Gasteiger partial charge in [0.2, 0.25) is 0 Å². The summed E-state index contributed by atoms with van der Waals surface area (Å²) in [5, 5.41) is 9.83. The highest BCUT2D eigenvalue weighted by molar-refractivity contribution is 7.84. The Morgan fingerprint density at radius 1 is 1.37 bits per heavy atom. The zero-order valence-corrected chi connectivity index (χ0v) is 12.0. The molecular weight excluding hydrogens is 262 g/mol. The van der Waals surface area contributed by atoms with Crippen LogP contribution in [0.5, 0.6) is 0 Å². The van der Waals surface area contributed by atoms with Crippen LogP contribution in [0, 0.1) is 5.92 Å². The Balaban J connectivity index is 2.09. The standard InChI is InChI=1S/C14H19NO3S/c1-10-7-8-15(9-13(10)16)14(17)11-3-5-12(6-4-11)19(2)18/h3-6,10,13,16H,7-9H2,1-2H3. The van der Waals surface area contributed by atoms with Crippen LogP contribution in [0.3, 0.4) is 0 Å². The van der Waals surface area contributed by atoms with Crippen LogP contribution in [-0.4, -0.2) is 45.6 Å². The Morgan fingerprint density at radius 3 is 2.53 bits per heavy atom. The summed E-state index contributed by atoms with van der Waals surface area (Å²) in [4.78, 5) is 14.7. The second-order valence-corrected chi connectivity index (χ2v) is 6.44. The maximum absolute atomic E-state index is 12.3. The van der Waals surface area contributed by atoms with Crippen LogP contribution in [-0.2, 0) is 10.8 Å². The second-order valence-electron chi connectivity index (χ2n) is 5.06. The minimum absolute atomic E-state index is 0.0700. The molecule has 1 aromatic carbocycles. The molecule has 1 fully saturated rings. The monoisotopic (exact) mass is 281 g/mol. The predicted molar refractivity (Wildman–Crippen MR) is 74.5 cm³/mol. The summed E-state index contributed by atoms with van der Waals surface area (Å²) in [5.41, 5.74) is 0.580. The lowest BCUT2D eigenvalue weighted by Gasteiger charge is -2.34. The smallest absolute Gasteiger partial charge is 0.253 e. The Kier molecular flexibility index (Phi) is 4.37. The van der Waals surface area contributed by atoms with E-state index >= 15 is 0 Å². The highest BCUT2D eigenvalue weighted by Crippen LogP contribution is 2.19. The molecule has 1 heterocycles. The topological polar surface area (TPSA) is 57.6 Å². The SMILES string of the molecule is CC1CCN(C(=O)c2ccc(S(C)=O)cc2)CC1O. The number of aliphatic hydroxyl groups excluding tert-OH is 1. The van der Waals surface area contributed by atoms with Crippen LogP contribution in [0.25, 0.3) is 0 Å². The van der Waals surface area contributed by atoms with E-state index in [0.29, 0.717) is 23.5 Å². The minimum atomic E-state index is -1.03. The fourth-order valence-corrected chi connectivity index (χ4v) is 2.72. The van der Waals surface area contributed by atoms with Crippen LogP contribution in [0.15, 0.2) is 29.2 Å². The van der Waals surface area contributed by atoms with Gasteiger partial charge in [0.1, 0.15) is 0 Å². The van der Waals surface area contributed by atoms with Gasteiger partial charge in [0.25, 0.3) is 5.91 Å². The molecule has 4 nitrogen and oxygen atoms in total. The molecular formula is C14H19NO3S. The van der Waals surface area contributed by atoms with Crippen LogP contribution in [0.1, 0.15) is 23.7 Å². The lowest BCUT2D eigenvalue weighted by Crippen LogP contribution is -2.45. The molecule has 0 bridgehead atoms. The molecule has 0 saturated carbocycles. The quantitative estimate of drug-likeness (QED) is 0.888. The fourth-order valence-electron chi connectivity index (χ4n) is 2.21. The number of benzene rings is 1. The van der Waals surface area contributed by atoms with E-state index in [-0.39, 0.29) is 11.8 Å². The molecule has 3 atom stereocenters. The number of likely N-dealkylation sites (tertiary alicyclic amines) is 1. The lowest BCUT2D eigenvalue weighted by atomic mass is 9.95. The highest BCUT2D eigenvalue weighted by atomic mass is 32.2. The first-order valence-electron chi connectivity index (χ1n) is 6.40. The number of nitrogens with zero attached hydrogens (tertiary/aromatic N) is 1. The molecule has 2 rings (SSSR count). The first-order chi connectivity index (χ1) is 8.99. The van der Waals surface area contributed by atoms with E-state index in [2.05, 4.69) is 0 Å². The predicted octanol–water partition coefficient (Wildman–Crippen LogP) is 1.27. The van der Waals surface area contributed by atoms with E-state index in [0.717, 1.165) is 6.42 Å². The van der Waals surface area contributed by atoms with Gasteiger partial charge < -0.3 is 10.0 Å². The third-order valence-electron chi connectivity index (χ3n) is 3.64. The van der Waals surface area contributed by atoms with E-state index in [1.807, 2.05) is 6.92 Å². The number of piperidine rings is 1. The first kappa shape index (κ1) is 14.2. The average molecular weight is 281 g/mol. The van der Waals surface area contributed by atoms with Gasteiger partial charge in [-0.3, -0.25) is 9.00 Å². The average Bonchev–Trinajstić information content (AvgIpc) is 2.41. The lowest BCUT2D eigenvalue weighted by molar-refractivity contribution is 0.0248. The third-order valence-corrected chi connectivity index (χ3v) is 4.58. The van der Waals surface area contributed by atoms with E-state index in [1.165, 1.54) is 0 Å². The van der Waals surface area contributed by atoms with Crippen molar-refractivity contribution in [3.05, 3.63) is 29.8 Å². The van der Waals surface area contributed by atoms with E-state index in [9.17, 15) is 14.1 Å². The van der Waals surface area contributed by atoms with Gasteiger partial charge in [-0.15, -0.1) is 0 Å². The van der Waals surface area contributed by atoms with Gasteiger partial charge in [-0.05, 0) is 36.6 Å². The molecule has 1 amide bonds. The number of hydrogen-bond donors (Lipinski definition) is 1. The van der Waals surface area contributed by atoms with E-state index in [1.54, 1.807) is 35.4 Å². The van der Waals surface area contributed by atoms with Crippen LogP contribution < -0.4 is 0 Å². The van der Waals surface area contributed by atoms with Crippen molar-refractivity contribution in [2.75, 3.05) is 19.3 Å². The number of carbonyl (C=O) groups excluding carboxylic acids is 1. The molecule has 104 valence electrons. The van der Waals surface area contributed by atoms with Crippen LogP contribution in [0.4, 0.5) is 0 Å². The van der Waals surface area contributed by atoms with Gasteiger partial charge in [0.15, 0.2) is 0 Å². The summed E-state index contributed by atoms with van der Waals surface area (Å²) in [5.74, 6) is 0.174. The van der Waals surface area contributed by atoms with Crippen molar-refractivity contribution in [3.8, 4) is 0 Å². The van der Waals surface area contributed by atoms with E-state index < -0.39 is 16.9 Å². The molecule has 0 aliphatic carbocycles. The Hall–Kier alpha value is -1.20. The number of rotatable bonds is 2. The maximum Gasteiger partial charge on any atom is 0.253 e. The van der Waals surface area contributed by atoms with Crippen molar-refractivity contribution in [1.29, 1.82) is 0 Å². The zero-order valence-electron chi connectivity index (χ0n) is 11.2. The molecule has 1 aromatic rings. The van der Waals surface area contributed by atoms with Crippen molar-refractivity contribution >= 4 is 16.7 Å². The van der Waals surface area contributed by atoms with Crippen molar-refractivity contribution in [3.63, 3.8) is 0 Å². The maximum atomic E-state index is 12.3. The molecule has 0 radical (unpaired) electrons. The molecule has 1 saturated heterocycles. The molecule has 3 unspecified atom stereocenters. The zero-order chi connectivity index (χ0) is 14.0.